The maximum atomic E-state index is 13.1. The van der Waals surface area contributed by atoms with Gasteiger partial charge in [0, 0.05) is 25.7 Å². The number of hydrogen-bond donors (Lipinski definition) is 3. The molecule has 0 aromatic heterocycles. The smallest absolute Gasteiger partial charge is 0.462 e. The number of esters is 4. The number of phosphoric acid groups is 2. The summed E-state index contributed by atoms with van der Waals surface area (Å²) in [5.74, 6) is 0.962. The summed E-state index contributed by atoms with van der Waals surface area (Å²) in [5.41, 5.74) is 0. The van der Waals surface area contributed by atoms with Crippen molar-refractivity contribution in [2.75, 3.05) is 39.6 Å². The van der Waals surface area contributed by atoms with Crippen LogP contribution in [0.4, 0.5) is 0 Å². The van der Waals surface area contributed by atoms with E-state index in [0.29, 0.717) is 31.6 Å². The molecule has 0 rings (SSSR count). The second-order valence-corrected chi connectivity index (χ2v) is 32.4. The maximum absolute atomic E-state index is 13.1. The highest BCUT2D eigenvalue weighted by Gasteiger charge is 2.30. The molecule has 0 aliphatic heterocycles. The number of rotatable bonds is 75. The third-order valence-corrected chi connectivity index (χ3v) is 20.7. The molecule has 0 heterocycles. The molecule has 576 valence electrons. The molecule has 0 fully saturated rings. The first-order valence-electron chi connectivity index (χ1n) is 40.3. The number of carbonyl (C=O) groups is 4. The molecule has 7 atom stereocenters. The zero-order valence-corrected chi connectivity index (χ0v) is 65.5. The van der Waals surface area contributed by atoms with E-state index in [2.05, 4.69) is 55.4 Å². The fraction of sp³-hybridized carbons (Fsp3) is 0.949. The molecule has 3 N–H and O–H groups in total. The second kappa shape index (κ2) is 67.2. The maximum Gasteiger partial charge on any atom is 0.472 e. The van der Waals surface area contributed by atoms with Gasteiger partial charge in [-0.15, -0.1) is 0 Å². The van der Waals surface area contributed by atoms with Crippen molar-refractivity contribution in [3.63, 3.8) is 0 Å². The van der Waals surface area contributed by atoms with Crippen LogP contribution in [0.2, 0.25) is 0 Å². The van der Waals surface area contributed by atoms with Crippen molar-refractivity contribution in [1.82, 2.24) is 0 Å². The molecular formula is C78H152O17P2. The number of aliphatic hydroxyl groups is 1. The third-order valence-electron chi connectivity index (χ3n) is 18.8. The fourth-order valence-electron chi connectivity index (χ4n) is 11.8. The molecule has 0 saturated carbocycles. The lowest BCUT2D eigenvalue weighted by Crippen LogP contribution is -2.30. The Bertz CT molecular complexity index is 1910. The van der Waals surface area contributed by atoms with E-state index in [-0.39, 0.29) is 25.7 Å². The Balaban J connectivity index is 5.22. The predicted octanol–water partition coefficient (Wildman–Crippen LogP) is 22.8. The normalized spacial score (nSPS) is 14.6. The highest BCUT2D eigenvalue weighted by molar-refractivity contribution is 7.47. The Morgan fingerprint density at radius 2 is 0.495 bits per heavy atom. The van der Waals surface area contributed by atoms with E-state index in [1.165, 1.54) is 193 Å². The number of ether oxygens (including phenoxy) is 4. The minimum Gasteiger partial charge on any atom is -0.462 e. The highest BCUT2D eigenvalue weighted by atomic mass is 31.2. The molecule has 5 unspecified atom stereocenters. The van der Waals surface area contributed by atoms with Crippen molar-refractivity contribution >= 4 is 39.5 Å². The molecule has 19 heteroatoms. The Morgan fingerprint density at radius 3 is 0.732 bits per heavy atom. The first-order chi connectivity index (χ1) is 46.7. The molecule has 0 aromatic carbocycles. The summed E-state index contributed by atoms with van der Waals surface area (Å²) in [6.45, 7) is 14.2. The highest BCUT2D eigenvalue weighted by Crippen LogP contribution is 2.45. The number of hydrogen-bond acceptors (Lipinski definition) is 15. The van der Waals surface area contributed by atoms with Crippen LogP contribution in [0.1, 0.15) is 396 Å². The molecule has 0 amide bonds. The van der Waals surface area contributed by atoms with E-state index >= 15 is 0 Å². The molecule has 0 radical (unpaired) electrons. The van der Waals surface area contributed by atoms with Crippen LogP contribution in [0.3, 0.4) is 0 Å². The van der Waals surface area contributed by atoms with Gasteiger partial charge in [0.05, 0.1) is 26.4 Å². The SMILES string of the molecule is CCC(C)CCCCCCCCCCCCCCCCC(=O)OC[C@H](COP(=O)(O)OCC(O)COP(=O)(O)OC[C@@H](COC(=O)CCCCCCCCCC(C)C)OC(=O)CCCCCCCCC(C)CC)OC(=O)CCCCCCCCCCCCCCCCCCC(C)C. The lowest BCUT2D eigenvalue weighted by atomic mass is 9.99. The molecular weight excluding hydrogens is 1270 g/mol. The fourth-order valence-corrected chi connectivity index (χ4v) is 13.4. The zero-order chi connectivity index (χ0) is 71.7. The van der Waals surface area contributed by atoms with Gasteiger partial charge in [-0.2, -0.15) is 0 Å². The Kier molecular flexibility index (Phi) is 65.9. The summed E-state index contributed by atoms with van der Waals surface area (Å²) in [5, 5.41) is 10.6. The Morgan fingerprint density at radius 1 is 0.289 bits per heavy atom. The van der Waals surface area contributed by atoms with Gasteiger partial charge in [-0.3, -0.25) is 37.3 Å². The van der Waals surface area contributed by atoms with E-state index in [4.69, 9.17) is 37.0 Å². The minimum absolute atomic E-state index is 0.102. The molecule has 0 bridgehead atoms. The minimum atomic E-state index is -4.96. The first kappa shape index (κ1) is 95.1. The van der Waals surface area contributed by atoms with Crippen molar-refractivity contribution in [3.8, 4) is 0 Å². The van der Waals surface area contributed by atoms with Crippen LogP contribution in [-0.2, 0) is 65.4 Å². The van der Waals surface area contributed by atoms with Crippen LogP contribution in [0.15, 0.2) is 0 Å². The second-order valence-electron chi connectivity index (χ2n) is 29.5. The van der Waals surface area contributed by atoms with Crippen LogP contribution in [0.5, 0.6) is 0 Å². The average molecular weight is 1420 g/mol. The van der Waals surface area contributed by atoms with Gasteiger partial charge >= 0.3 is 39.5 Å². The molecule has 0 aliphatic carbocycles. The van der Waals surface area contributed by atoms with Gasteiger partial charge < -0.3 is 33.8 Å². The summed E-state index contributed by atoms with van der Waals surface area (Å²) in [4.78, 5) is 72.8. The molecule has 0 spiro atoms. The van der Waals surface area contributed by atoms with Crippen LogP contribution >= 0.6 is 15.6 Å². The first-order valence-corrected chi connectivity index (χ1v) is 43.3. The predicted molar refractivity (Wildman–Crippen MR) is 395 cm³/mol. The summed E-state index contributed by atoms with van der Waals surface area (Å²) < 4.78 is 68.5. The Labute approximate surface area is 594 Å². The molecule has 17 nitrogen and oxygen atoms in total. The van der Waals surface area contributed by atoms with Crippen LogP contribution < -0.4 is 0 Å². The van der Waals surface area contributed by atoms with Crippen molar-refractivity contribution in [3.05, 3.63) is 0 Å². The van der Waals surface area contributed by atoms with Crippen LogP contribution in [0.25, 0.3) is 0 Å². The largest absolute Gasteiger partial charge is 0.472 e. The quantitative estimate of drug-likeness (QED) is 0.0222. The van der Waals surface area contributed by atoms with E-state index < -0.39 is 97.5 Å². The van der Waals surface area contributed by atoms with Gasteiger partial charge in [0.15, 0.2) is 12.2 Å². The molecule has 0 saturated heterocycles. The van der Waals surface area contributed by atoms with Gasteiger partial charge in [-0.1, -0.05) is 344 Å². The van der Waals surface area contributed by atoms with Crippen LogP contribution in [-0.4, -0.2) is 96.7 Å². The summed E-state index contributed by atoms with van der Waals surface area (Å²) in [7, 11) is -9.91. The lowest BCUT2D eigenvalue weighted by Gasteiger charge is -2.21. The van der Waals surface area contributed by atoms with Crippen molar-refractivity contribution in [1.29, 1.82) is 0 Å². The molecule has 0 aromatic rings. The summed E-state index contributed by atoms with van der Waals surface area (Å²) in [6, 6.07) is 0. The Hall–Kier alpha value is -1.94. The number of aliphatic hydroxyl groups excluding tert-OH is 1. The van der Waals surface area contributed by atoms with Crippen molar-refractivity contribution in [2.24, 2.45) is 23.7 Å². The molecule has 0 aliphatic rings. The van der Waals surface area contributed by atoms with Crippen molar-refractivity contribution in [2.45, 2.75) is 414 Å². The number of carbonyl (C=O) groups excluding carboxylic acids is 4. The molecule has 97 heavy (non-hydrogen) atoms. The number of phosphoric ester groups is 2. The van der Waals surface area contributed by atoms with E-state index in [0.717, 1.165) is 114 Å². The van der Waals surface area contributed by atoms with E-state index in [1.54, 1.807) is 0 Å². The average Bonchev–Trinajstić information content (AvgIpc) is 1.41. The van der Waals surface area contributed by atoms with Gasteiger partial charge in [0.1, 0.15) is 19.3 Å². The van der Waals surface area contributed by atoms with Gasteiger partial charge in [0.2, 0.25) is 0 Å². The van der Waals surface area contributed by atoms with E-state index in [1.807, 2.05) is 0 Å². The van der Waals surface area contributed by atoms with Gasteiger partial charge in [-0.25, -0.2) is 9.13 Å². The topological polar surface area (TPSA) is 237 Å². The lowest BCUT2D eigenvalue weighted by molar-refractivity contribution is -0.161. The van der Waals surface area contributed by atoms with Crippen molar-refractivity contribution < 1.29 is 80.2 Å². The standard InChI is InChI=1S/C78H152O17P2/c1-9-70(7)56-48-40-32-26-22-18-15-16-19-23-27-33-42-50-58-75(80)88-64-73(94-77(82)60-52-44-34-28-24-20-14-12-11-13-17-21-25-30-38-46-54-68(3)4)66-92-96(84,85)90-62-72(79)63-91-97(86,87)93-67-74(95-78(83)61-53-45-37-36-41-49-57-71(8)10-2)65-89-76(81)59-51-43-35-29-31-39-47-55-69(5)6/h68-74,79H,9-67H2,1-8H3,(H,84,85)(H,86,87)/t70?,71?,72?,73-,74-/m1/s1. The van der Waals surface area contributed by atoms with Gasteiger partial charge in [0.25, 0.3) is 0 Å². The van der Waals surface area contributed by atoms with Gasteiger partial charge in [-0.05, 0) is 49.4 Å². The monoisotopic (exact) mass is 1420 g/mol. The summed E-state index contributed by atoms with van der Waals surface area (Å²) in [6.07, 6.45) is 52.9. The third kappa shape index (κ3) is 69.5. The van der Waals surface area contributed by atoms with Crippen LogP contribution in [0, 0.1) is 23.7 Å². The summed E-state index contributed by atoms with van der Waals surface area (Å²) >= 11 is 0. The number of unbranched alkanes of at least 4 members (excludes halogenated alkanes) is 39. The van der Waals surface area contributed by atoms with E-state index in [9.17, 15) is 43.2 Å². The zero-order valence-electron chi connectivity index (χ0n) is 63.7.